The van der Waals surface area contributed by atoms with Crippen LogP contribution in [0.5, 0.6) is 0 Å². The highest BCUT2D eigenvalue weighted by Crippen LogP contribution is 2.42. The number of carbonyl (C=O) groups excluding carboxylic acids is 1. The van der Waals surface area contributed by atoms with Crippen molar-refractivity contribution in [3.63, 3.8) is 0 Å². The van der Waals surface area contributed by atoms with Gasteiger partial charge in [0.2, 0.25) is 5.91 Å². The fourth-order valence-corrected chi connectivity index (χ4v) is 6.23. The summed E-state index contributed by atoms with van der Waals surface area (Å²) in [6, 6.07) is 5.32. The van der Waals surface area contributed by atoms with E-state index in [1.165, 1.54) is 0 Å². The van der Waals surface area contributed by atoms with Crippen molar-refractivity contribution in [2.24, 2.45) is 11.7 Å². The zero-order valence-corrected chi connectivity index (χ0v) is 17.1. The van der Waals surface area contributed by atoms with Gasteiger partial charge >= 0.3 is 0 Å². The molecule has 1 aromatic carbocycles. The highest BCUT2D eigenvalue weighted by molar-refractivity contribution is 7.93. The minimum atomic E-state index is -3.76. The third kappa shape index (κ3) is 3.78. The van der Waals surface area contributed by atoms with Crippen LogP contribution in [0.25, 0.3) is 0 Å². The van der Waals surface area contributed by atoms with E-state index in [9.17, 15) is 13.2 Å². The molecule has 0 spiro atoms. The minimum absolute atomic E-state index is 0. The van der Waals surface area contributed by atoms with Crippen LogP contribution < -0.4 is 11.1 Å². The summed E-state index contributed by atoms with van der Waals surface area (Å²) in [4.78, 5) is 13.3. The van der Waals surface area contributed by atoms with Gasteiger partial charge in [-0.2, -0.15) is 0 Å². The summed E-state index contributed by atoms with van der Waals surface area (Å²) in [5, 5.41) is 2.85. The number of benzene rings is 1. The van der Waals surface area contributed by atoms with E-state index in [0.29, 0.717) is 30.9 Å². The molecule has 2 saturated carbocycles. The first-order chi connectivity index (χ1) is 11.8. The Labute approximate surface area is 162 Å². The fraction of sp³-hybridized carbons (Fsp3) is 0.632. The molecule has 2 fully saturated rings. The molecule has 1 unspecified atom stereocenters. The van der Waals surface area contributed by atoms with Crippen molar-refractivity contribution in [3.05, 3.63) is 29.3 Å². The first-order valence-electron chi connectivity index (χ1n) is 9.14. The number of nitrogens with two attached hydrogens (primary N) is 1. The second-order valence-electron chi connectivity index (χ2n) is 7.69. The molecule has 3 N–H and O–H groups in total. The zero-order chi connectivity index (χ0) is 18.2. The van der Waals surface area contributed by atoms with E-state index < -0.39 is 14.6 Å². The second-order valence-corrected chi connectivity index (χ2v) is 9.91. The van der Waals surface area contributed by atoms with Crippen molar-refractivity contribution in [1.29, 1.82) is 0 Å². The first-order valence-corrected chi connectivity index (χ1v) is 10.6. The predicted molar refractivity (Wildman–Crippen MR) is 105 cm³/mol. The molecule has 2 aliphatic carbocycles. The smallest absolute Gasteiger partial charge is 0.241 e. The molecule has 146 valence electrons. The van der Waals surface area contributed by atoms with Crippen molar-refractivity contribution in [1.82, 2.24) is 5.32 Å². The monoisotopic (exact) mass is 400 g/mol. The first kappa shape index (κ1) is 21.2. The lowest BCUT2D eigenvalue weighted by Crippen LogP contribution is -2.53. The van der Waals surface area contributed by atoms with Gasteiger partial charge in [-0.05, 0) is 62.6 Å². The van der Waals surface area contributed by atoms with Crippen LogP contribution in [0.1, 0.15) is 49.7 Å². The summed E-state index contributed by atoms with van der Waals surface area (Å²) >= 11 is 0. The third-order valence-corrected chi connectivity index (χ3v) is 8.34. The number of carbonyl (C=O) groups is 1. The minimum Gasteiger partial charge on any atom is -0.353 e. The summed E-state index contributed by atoms with van der Waals surface area (Å²) in [6.45, 7) is 4.01. The second kappa shape index (κ2) is 7.87. The molecule has 1 aromatic rings. The standard InChI is InChI=1S/C19H28N2O3S.ClH/c1-13-5-6-14(2)17(11-13)25(23,24)19(9-3-4-10-19)18(22)21-12-16(20)15-7-8-15;/h5-6,11,15-16H,3-4,7-10,12,20H2,1-2H3,(H,21,22);1H. The van der Waals surface area contributed by atoms with Crippen LogP contribution in [-0.4, -0.2) is 31.7 Å². The van der Waals surface area contributed by atoms with Crippen molar-refractivity contribution in [3.8, 4) is 0 Å². The molecule has 0 radical (unpaired) electrons. The number of hydrogen-bond acceptors (Lipinski definition) is 4. The molecule has 1 amide bonds. The average Bonchev–Trinajstić information content (AvgIpc) is 3.30. The van der Waals surface area contributed by atoms with Gasteiger partial charge in [-0.1, -0.05) is 25.0 Å². The van der Waals surface area contributed by atoms with Gasteiger partial charge in [0, 0.05) is 12.6 Å². The van der Waals surface area contributed by atoms with Gasteiger partial charge < -0.3 is 11.1 Å². The molecular weight excluding hydrogens is 372 g/mol. The molecule has 2 aliphatic rings. The molecule has 0 aromatic heterocycles. The maximum atomic E-state index is 13.5. The highest BCUT2D eigenvalue weighted by Gasteiger charge is 2.53. The van der Waals surface area contributed by atoms with E-state index >= 15 is 0 Å². The zero-order valence-electron chi connectivity index (χ0n) is 15.5. The third-order valence-electron chi connectivity index (χ3n) is 5.70. The van der Waals surface area contributed by atoms with Crippen molar-refractivity contribution in [2.75, 3.05) is 6.54 Å². The highest BCUT2D eigenvalue weighted by atomic mass is 35.5. The Bertz CT molecular complexity index is 769. The van der Waals surface area contributed by atoms with Gasteiger partial charge in [0.05, 0.1) is 4.90 Å². The van der Waals surface area contributed by atoms with Gasteiger partial charge in [-0.3, -0.25) is 4.79 Å². The molecule has 26 heavy (non-hydrogen) atoms. The number of hydrogen-bond donors (Lipinski definition) is 2. The van der Waals surface area contributed by atoms with E-state index in [1.54, 1.807) is 13.0 Å². The van der Waals surface area contributed by atoms with E-state index in [-0.39, 0.29) is 29.3 Å². The molecule has 0 saturated heterocycles. The quantitative estimate of drug-likeness (QED) is 0.768. The van der Waals surface area contributed by atoms with Crippen LogP contribution in [0.2, 0.25) is 0 Å². The summed E-state index contributed by atoms with van der Waals surface area (Å²) in [5.74, 6) is 0.0949. The Balaban J connectivity index is 0.00000243. The van der Waals surface area contributed by atoms with E-state index in [0.717, 1.165) is 31.2 Å². The molecule has 0 aliphatic heterocycles. The molecule has 5 nitrogen and oxygen atoms in total. The molecule has 0 heterocycles. The number of halogens is 1. The van der Waals surface area contributed by atoms with Gasteiger partial charge in [0.25, 0.3) is 0 Å². The maximum absolute atomic E-state index is 13.5. The summed E-state index contributed by atoms with van der Waals surface area (Å²) < 4.78 is 25.6. The van der Waals surface area contributed by atoms with Gasteiger partial charge in [-0.15, -0.1) is 12.4 Å². The van der Waals surface area contributed by atoms with Crippen molar-refractivity contribution < 1.29 is 13.2 Å². The number of aryl methyl sites for hydroxylation is 2. The van der Waals surface area contributed by atoms with Gasteiger partial charge in [0.15, 0.2) is 14.6 Å². The lowest BCUT2D eigenvalue weighted by Gasteiger charge is -2.29. The summed E-state index contributed by atoms with van der Waals surface area (Å²) in [5.41, 5.74) is 7.65. The normalized spacial score (nSPS) is 20.3. The molecular formula is C19H29ClN2O3S. The van der Waals surface area contributed by atoms with Gasteiger partial charge in [-0.25, -0.2) is 8.42 Å². The lowest BCUT2D eigenvalue weighted by atomic mass is 10.1. The summed E-state index contributed by atoms with van der Waals surface area (Å²) in [6.07, 6.45) is 4.48. The van der Waals surface area contributed by atoms with Gasteiger partial charge in [0.1, 0.15) is 0 Å². The van der Waals surface area contributed by atoms with E-state index in [4.69, 9.17) is 5.73 Å². The Kier molecular flexibility index (Phi) is 6.41. The Morgan fingerprint density at radius 2 is 1.88 bits per heavy atom. The molecule has 3 rings (SSSR count). The predicted octanol–water partition coefficient (Wildman–Crippen LogP) is 2.67. The Morgan fingerprint density at radius 3 is 2.46 bits per heavy atom. The average molecular weight is 401 g/mol. The van der Waals surface area contributed by atoms with Crippen molar-refractivity contribution in [2.45, 2.75) is 68.1 Å². The Morgan fingerprint density at radius 1 is 1.27 bits per heavy atom. The number of amides is 1. The van der Waals surface area contributed by atoms with Crippen LogP contribution in [0.4, 0.5) is 0 Å². The number of nitrogens with one attached hydrogen (secondary N) is 1. The van der Waals surface area contributed by atoms with Crippen LogP contribution >= 0.6 is 12.4 Å². The number of rotatable bonds is 6. The number of sulfone groups is 1. The molecule has 1 atom stereocenters. The molecule has 7 heteroatoms. The van der Waals surface area contributed by atoms with E-state index in [2.05, 4.69) is 5.32 Å². The maximum Gasteiger partial charge on any atom is 0.241 e. The van der Waals surface area contributed by atoms with Crippen LogP contribution in [0.3, 0.4) is 0 Å². The fourth-order valence-electron chi connectivity index (χ4n) is 3.83. The van der Waals surface area contributed by atoms with Crippen molar-refractivity contribution >= 4 is 28.2 Å². The Hall–Kier alpha value is -1.11. The van der Waals surface area contributed by atoms with E-state index in [1.807, 2.05) is 19.1 Å². The topological polar surface area (TPSA) is 89.3 Å². The lowest BCUT2D eigenvalue weighted by molar-refractivity contribution is -0.123. The SMILES string of the molecule is Cc1ccc(C)c(S(=O)(=O)C2(C(=O)NCC(N)C3CC3)CCCC2)c1.Cl. The van der Waals surface area contributed by atoms with Crippen LogP contribution in [0.15, 0.2) is 23.1 Å². The van der Waals surface area contributed by atoms with Crippen LogP contribution in [-0.2, 0) is 14.6 Å². The van der Waals surface area contributed by atoms with Crippen LogP contribution in [0, 0.1) is 19.8 Å². The largest absolute Gasteiger partial charge is 0.353 e. The summed E-state index contributed by atoms with van der Waals surface area (Å²) in [7, 11) is -3.76. The molecule has 0 bridgehead atoms.